The van der Waals surface area contributed by atoms with Gasteiger partial charge in [-0.3, -0.25) is 19.4 Å². The Balaban J connectivity index is 1.28. The maximum atomic E-state index is 13.0. The largest absolute Gasteiger partial charge is 0.486 e. The van der Waals surface area contributed by atoms with Crippen molar-refractivity contribution in [2.24, 2.45) is 10.3 Å². The van der Waals surface area contributed by atoms with Crippen LogP contribution in [0.1, 0.15) is 5.56 Å². The number of rotatable bonds is 4. The van der Waals surface area contributed by atoms with Crippen LogP contribution in [0.4, 0.5) is 11.4 Å². The Labute approximate surface area is 177 Å². The molecule has 2 atom stereocenters. The maximum Gasteiger partial charge on any atom is 0.263 e. The summed E-state index contributed by atoms with van der Waals surface area (Å²) >= 11 is 0. The number of nitrogens with one attached hydrogen (secondary N) is 1. The van der Waals surface area contributed by atoms with Gasteiger partial charge in [0.1, 0.15) is 19.8 Å². The molecule has 1 saturated heterocycles. The minimum atomic E-state index is -0.948. The topological polar surface area (TPSA) is 113 Å². The predicted octanol–water partition coefficient (Wildman–Crippen LogP) is 1.70. The number of amides is 3. The monoisotopic (exact) mass is 421 g/mol. The summed E-state index contributed by atoms with van der Waals surface area (Å²) in [6.45, 7) is 2.62. The molecule has 0 saturated carbocycles. The van der Waals surface area contributed by atoms with Crippen LogP contribution in [-0.2, 0) is 14.4 Å². The van der Waals surface area contributed by atoms with E-state index in [4.69, 9.17) is 9.47 Å². The van der Waals surface area contributed by atoms with E-state index in [1.165, 1.54) is 5.01 Å². The van der Waals surface area contributed by atoms with E-state index < -0.39 is 29.8 Å². The highest BCUT2D eigenvalue weighted by Crippen LogP contribution is 2.33. The molecule has 1 fully saturated rings. The van der Waals surface area contributed by atoms with Gasteiger partial charge in [0.25, 0.3) is 11.8 Å². The molecule has 3 heterocycles. The zero-order chi connectivity index (χ0) is 21.5. The molecule has 0 unspecified atom stereocenters. The molecule has 0 aliphatic carbocycles. The van der Waals surface area contributed by atoms with Gasteiger partial charge in [0, 0.05) is 11.8 Å². The van der Waals surface area contributed by atoms with Crippen LogP contribution in [0.2, 0.25) is 0 Å². The van der Waals surface area contributed by atoms with E-state index in [1.807, 2.05) is 19.1 Å². The van der Waals surface area contributed by atoms with Crippen molar-refractivity contribution in [1.29, 1.82) is 0 Å². The summed E-state index contributed by atoms with van der Waals surface area (Å²) in [5.74, 6) is -0.124. The van der Waals surface area contributed by atoms with Crippen LogP contribution in [0.15, 0.2) is 52.8 Å². The van der Waals surface area contributed by atoms with Crippen molar-refractivity contribution in [3.05, 3.63) is 48.0 Å². The molecular formula is C21H19N5O5. The molecule has 10 nitrogen and oxygen atoms in total. The van der Waals surface area contributed by atoms with E-state index in [-0.39, 0.29) is 6.54 Å². The van der Waals surface area contributed by atoms with E-state index in [1.54, 1.807) is 30.3 Å². The summed E-state index contributed by atoms with van der Waals surface area (Å²) in [7, 11) is 0. The lowest BCUT2D eigenvalue weighted by atomic mass is 10.1. The van der Waals surface area contributed by atoms with Crippen molar-refractivity contribution in [2.45, 2.75) is 19.0 Å². The van der Waals surface area contributed by atoms with Crippen LogP contribution in [-0.4, -0.2) is 54.6 Å². The summed E-state index contributed by atoms with van der Waals surface area (Å²) in [6, 6.07) is 10.3. The molecule has 158 valence electrons. The molecule has 2 aromatic rings. The first-order valence-electron chi connectivity index (χ1n) is 9.83. The third-order valence-corrected chi connectivity index (χ3v) is 5.28. The molecule has 0 bridgehead atoms. The number of hydrogen-bond donors (Lipinski definition) is 1. The molecular weight excluding hydrogens is 402 g/mol. The molecule has 3 aliphatic heterocycles. The average molecular weight is 421 g/mol. The molecule has 3 amide bonds. The van der Waals surface area contributed by atoms with Crippen LogP contribution in [0.5, 0.6) is 11.5 Å². The summed E-state index contributed by atoms with van der Waals surface area (Å²) in [4.78, 5) is 39.4. The highest BCUT2D eigenvalue weighted by Gasteiger charge is 2.55. The zero-order valence-electron chi connectivity index (χ0n) is 16.6. The van der Waals surface area contributed by atoms with E-state index in [0.29, 0.717) is 36.1 Å². The zero-order valence-corrected chi connectivity index (χ0v) is 16.6. The number of carbonyl (C=O) groups excluding carboxylic acids is 3. The Kier molecular flexibility index (Phi) is 4.54. The Morgan fingerprint density at radius 3 is 2.58 bits per heavy atom. The van der Waals surface area contributed by atoms with Crippen molar-refractivity contribution in [2.75, 3.05) is 30.0 Å². The van der Waals surface area contributed by atoms with Gasteiger partial charge in [-0.2, -0.15) is 5.11 Å². The number of aryl methyl sites for hydroxylation is 1. The molecule has 2 aromatic carbocycles. The number of benzene rings is 2. The van der Waals surface area contributed by atoms with Gasteiger partial charge in [-0.05, 0) is 31.2 Å². The second-order valence-corrected chi connectivity index (χ2v) is 7.45. The number of fused-ring (bicyclic) bond motifs is 2. The number of nitrogens with zero attached hydrogens (tertiary/aromatic N) is 4. The first-order chi connectivity index (χ1) is 15.0. The molecule has 5 rings (SSSR count). The summed E-state index contributed by atoms with van der Waals surface area (Å²) in [5, 5.41) is 11.8. The standard InChI is InChI=1S/C21H19N5O5/c1-12-2-5-14(6-3-12)26-20(28)18-19(21(26)29)25(24-23-18)11-17(27)22-13-4-7-15-16(10-13)31-9-8-30-15/h2-7,10,18-19H,8-9,11H2,1H3,(H,22,27)/t18-,19+/m0/s1. The van der Waals surface area contributed by atoms with Crippen LogP contribution in [0, 0.1) is 6.92 Å². The summed E-state index contributed by atoms with van der Waals surface area (Å²) < 4.78 is 11.0. The fraction of sp³-hybridized carbons (Fsp3) is 0.286. The van der Waals surface area contributed by atoms with E-state index in [2.05, 4.69) is 15.7 Å². The highest BCUT2D eigenvalue weighted by atomic mass is 16.6. The van der Waals surface area contributed by atoms with Crippen molar-refractivity contribution in [3.8, 4) is 11.5 Å². The summed E-state index contributed by atoms with van der Waals surface area (Å²) in [5.41, 5.74) is 2.02. The second-order valence-electron chi connectivity index (χ2n) is 7.45. The van der Waals surface area contributed by atoms with E-state index in [9.17, 15) is 14.4 Å². The van der Waals surface area contributed by atoms with Gasteiger partial charge in [-0.25, -0.2) is 4.90 Å². The number of ether oxygens (including phenoxy) is 2. The second kappa shape index (κ2) is 7.38. The third-order valence-electron chi connectivity index (χ3n) is 5.28. The van der Waals surface area contributed by atoms with Crippen LogP contribution in [0.25, 0.3) is 0 Å². The molecule has 3 aliphatic rings. The predicted molar refractivity (Wildman–Crippen MR) is 109 cm³/mol. The van der Waals surface area contributed by atoms with Gasteiger partial charge in [-0.15, -0.1) is 0 Å². The number of anilines is 2. The lowest BCUT2D eigenvalue weighted by Crippen LogP contribution is -2.43. The van der Waals surface area contributed by atoms with Gasteiger partial charge in [0.2, 0.25) is 5.91 Å². The van der Waals surface area contributed by atoms with Crippen LogP contribution < -0.4 is 19.7 Å². The fourth-order valence-corrected chi connectivity index (χ4v) is 3.77. The molecule has 0 aromatic heterocycles. The third kappa shape index (κ3) is 3.35. The van der Waals surface area contributed by atoms with Crippen LogP contribution >= 0.6 is 0 Å². The Morgan fingerprint density at radius 2 is 1.81 bits per heavy atom. The Bertz CT molecular complexity index is 1100. The minimum Gasteiger partial charge on any atom is -0.486 e. The Morgan fingerprint density at radius 1 is 1.06 bits per heavy atom. The van der Waals surface area contributed by atoms with Gasteiger partial charge in [0.05, 0.1) is 5.69 Å². The normalized spacial score (nSPS) is 21.5. The number of carbonyl (C=O) groups is 3. The van der Waals surface area contributed by atoms with Gasteiger partial charge in [0.15, 0.2) is 23.6 Å². The smallest absolute Gasteiger partial charge is 0.263 e. The van der Waals surface area contributed by atoms with Crippen LogP contribution in [0.3, 0.4) is 0 Å². The van der Waals surface area contributed by atoms with E-state index >= 15 is 0 Å². The molecule has 0 radical (unpaired) electrons. The maximum absolute atomic E-state index is 13.0. The molecule has 0 spiro atoms. The first-order valence-corrected chi connectivity index (χ1v) is 9.83. The minimum absolute atomic E-state index is 0.222. The quantitative estimate of drug-likeness (QED) is 0.752. The SMILES string of the molecule is Cc1ccc(N2C(=O)[C@H]3N=NN(CC(=O)Nc4ccc5c(c4)OCCO5)[C@H]3C2=O)cc1. The average Bonchev–Trinajstić information content (AvgIpc) is 3.28. The first kappa shape index (κ1) is 19.0. The number of imide groups is 1. The van der Waals surface area contributed by atoms with Crippen molar-refractivity contribution in [1.82, 2.24) is 5.01 Å². The van der Waals surface area contributed by atoms with Crippen molar-refractivity contribution < 1.29 is 23.9 Å². The Hall–Kier alpha value is -3.95. The van der Waals surface area contributed by atoms with Crippen molar-refractivity contribution >= 4 is 29.1 Å². The van der Waals surface area contributed by atoms with Gasteiger partial charge < -0.3 is 14.8 Å². The summed E-state index contributed by atoms with van der Waals surface area (Å²) in [6.07, 6.45) is 0. The van der Waals surface area contributed by atoms with Crippen molar-refractivity contribution in [3.63, 3.8) is 0 Å². The lowest BCUT2D eigenvalue weighted by Gasteiger charge is -2.21. The lowest BCUT2D eigenvalue weighted by molar-refractivity contribution is -0.123. The van der Waals surface area contributed by atoms with Gasteiger partial charge >= 0.3 is 0 Å². The fourth-order valence-electron chi connectivity index (χ4n) is 3.77. The molecule has 1 N–H and O–H groups in total. The number of hydrogen-bond acceptors (Lipinski definition) is 8. The van der Waals surface area contributed by atoms with Gasteiger partial charge in [-0.1, -0.05) is 22.9 Å². The van der Waals surface area contributed by atoms with E-state index in [0.717, 1.165) is 10.5 Å². The molecule has 31 heavy (non-hydrogen) atoms. The molecule has 10 heteroatoms. The highest BCUT2D eigenvalue weighted by molar-refractivity contribution is 6.25.